The molecular weight excluding hydrogens is 621 g/mol. The number of nitrogens with zero attached hydrogens (tertiary/aromatic N) is 2. The van der Waals surface area contributed by atoms with Crippen molar-refractivity contribution in [3.63, 3.8) is 0 Å². The van der Waals surface area contributed by atoms with Crippen molar-refractivity contribution in [2.24, 2.45) is 0 Å². The maximum Gasteiger partial charge on any atom is 0.433 e. The monoisotopic (exact) mass is 650 g/mol. The second kappa shape index (κ2) is 14.0. The number of alkyl halides is 3. The standard InChI is InChI=1S/C34H29F3N2O8/c1-20(2)24-18-39(33(43)38-28(24)34(35,36)37)29-27(47-32(42)23-16-10-5-11-17-23)26(46-31(41)22-14-8-4-9-15-22)25(45-29)19-44-30(40)21-12-6-3-7-13-21/h3-18,20,25-27,29H,19H2,1-2H3/t25-,26-,27-,29-/m1/s1. The summed E-state index contributed by atoms with van der Waals surface area (Å²) in [6, 6.07) is 23.5. The Hall–Kier alpha value is -5.30. The van der Waals surface area contributed by atoms with Crippen molar-refractivity contribution in [2.75, 3.05) is 6.61 Å². The average Bonchev–Trinajstić information content (AvgIpc) is 3.39. The van der Waals surface area contributed by atoms with Crippen LogP contribution < -0.4 is 5.69 Å². The molecule has 0 saturated carbocycles. The number of hydrogen-bond acceptors (Lipinski definition) is 9. The zero-order valence-corrected chi connectivity index (χ0v) is 25.1. The molecule has 1 aliphatic heterocycles. The van der Waals surface area contributed by atoms with Crippen LogP contribution in [0.4, 0.5) is 13.2 Å². The number of esters is 3. The van der Waals surface area contributed by atoms with Crippen LogP contribution in [0.1, 0.15) is 68.3 Å². The maximum absolute atomic E-state index is 13.9. The molecule has 2 heterocycles. The summed E-state index contributed by atoms with van der Waals surface area (Å²) in [6.07, 6.45) is -10.1. The molecule has 0 amide bonds. The van der Waals surface area contributed by atoms with Crippen LogP contribution in [0.15, 0.2) is 102 Å². The fraction of sp³-hybridized carbons (Fsp3) is 0.265. The van der Waals surface area contributed by atoms with Gasteiger partial charge in [-0.3, -0.25) is 4.57 Å². The van der Waals surface area contributed by atoms with Crippen molar-refractivity contribution in [2.45, 2.75) is 50.5 Å². The Labute approximate surface area is 266 Å². The average molecular weight is 651 g/mol. The lowest BCUT2D eigenvalue weighted by molar-refractivity contribution is -0.142. The number of aromatic nitrogens is 2. The van der Waals surface area contributed by atoms with E-state index in [4.69, 9.17) is 18.9 Å². The molecule has 1 saturated heterocycles. The molecule has 4 atom stereocenters. The lowest BCUT2D eigenvalue weighted by Crippen LogP contribution is -2.43. The Morgan fingerprint density at radius 1 is 0.787 bits per heavy atom. The molecule has 1 aliphatic rings. The first-order valence-electron chi connectivity index (χ1n) is 14.5. The van der Waals surface area contributed by atoms with Crippen LogP contribution in [-0.4, -0.2) is 52.4 Å². The Kier molecular flexibility index (Phi) is 9.85. The van der Waals surface area contributed by atoms with E-state index in [1.807, 2.05) is 0 Å². The molecule has 4 aromatic rings. The van der Waals surface area contributed by atoms with Gasteiger partial charge in [0, 0.05) is 11.8 Å². The molecule has 0 radical (unpaired) electrons. The van der Waals surface area contributed by atoms with Gasteiger partial charge < -0.3 is 18.9 Å². The molecule has 47 heavy (non-hydrogen) atoms. The van der Waals surface area contributed by atoms with E-state index in [0.29, 0.717) is 0 Å². The van der Waals surface area contributed by atoms with Crippen LogP contribution in [0.2, 0.25) is 0 Å². The third-order valence-corrected chi connectivity index (χ3v) is 7.32. The van der Waals surface area contributed by atoms with Gasteiger partial charge >= 0.3 is 29.8 Å². The number of ether oxygens (including phenoxy) is 4. The lowest BCUT2D eigenvalue weighted by Gasteiger charge is -2.26. The molecule has 0 aliphatic carbocycles. The summed E-state index contributed by atoms with van der Waals surface area (Å²) in [4.78, 5) is 55.9. The predicted octanol–water partition coefficient (Wildman–Crippen LogP) is 5.59. The summed E-state index contributed by atoms with van der Waals surface area (Å²) in [5, 5.41) is 0. The SMILES string of the molecule is CC(C)c1cn([C@@H]2O[C@H](COC(=O)c3ccccc3)[C@@H](OC(=O)c3ccccc3)[C@H]2OC(=O)c2ccccc2)c(=O)nc1C(F)(F)F. The van der Waals surface area contributed by atoms with E-state index in [9.17, 15) is 32.3 Å². The summed E-state index contributed by atoms with van der Waals surface area (Å²) in [5.74, 6) is -3.25. The molecular formula is C34H29F3N2O8. The number of carbonyl (C=O) groups is 3. The van der Waals surface area contributed by atoms with Gasteiger partial charge in [-0.15, -0.1) is 0 Å². The minimum Gasteiger partial charge on any atom is -0.459 e. The topological polar surface area (TPSA) is 123 Å². The van der Waals surface area contributed by atoms with Crippen molar-refractivity contribution in [3.8, 4) is 0 Å². The second-order valence-corrected chi connectivity index (χ2v) is 10.9. The minimum absolute atomic E-state index is 0.0964. The van der Waals surface area contributed by atoms with E-state index >= 15 is 0 Å². The molecule has 0 unspecified atom stereocenters. The highest BCUT2D eigenvalue weighted by Gasteiger charge is 2.52. The third-order valence-electron chi connectivity index (χ3n) is 7.32. The summed E-state index contributed by atoms with van der Waals surface area (Å²) in [5.41, 5.74) is -2.63. The Morgan fingerprint density at radius 3 is 1.72 bits per heavy atom. The van der Waals surface area contributed by atoms with Crippen LogP contribution in [0.25, 0.3) is 0 Å². The molecule has 0 bridgehead atoms. The minimum atomic E-state index is -4.94. The number of benzene rings is 3. The molecule has 0 spiro atoms. The van der Waals surface area contributed by atoms with Gasteiger partial charge in [-0.25, -0.2) is 19.2 Å². The van der Waals surface area contributed by atoms with Crippen LogP contribution in [0.3, 0.4) is 0 Å². The van der Waals surface area contributed by atoms with Gasteiger partial charge in [0.15, 0.2) is 24.1 Å². The maximum atomic E-state index is 13.9. The Morgan fingerprint density at radius 2 is 1.26 bits per heavy atom. The van der Waals surface area contributed by atoms with Crippen molar-refractivity contribution in [1.82, 2.24) is 9.55 Å². The fourth-order valence-corrected chi connectivity index (χ4v) is 5.00. The van der Waals surface area contributed by atoms with Crippen LogP contribution >= 0.6 is 0 Å². The highest BCUT2D eigenvalue weighted by molar-refractivity contribution is 5.91. The number of rotatable bonds is 9. The molecule has 244 valence electrons. The normalized spacial score (nSPS) is 19.3. The second-order valence-electron chi connectivity index (χ2n) is 10.9. The smallest absolute Gasteiger partial charge is 0.433 e. The molecule has 10 nitrogen and oxygen atoms in total. The van der Waals surface area contributed by atoms with Gasteiger partial charge in [0.25, 0.3) is 0 Å². The van der Waals surface area contributed by atoms with Crippen molar-refractivity contribution < 1.29 is 46.5 Å². The van der Waals surface area contributed by atoms with Gasteiger partial charge in [0.1, 0.15) is 12.7 Å². The van der Waals surface area contributed by atoms with Gasteiger partial charge in [-0.2, -0.15) is 18.2 Å². The van der Waals surface area contributed by atoms with Crippen molar-refractivity contribution in [1.29, 1.82) is 0 Å². The van der Waals surface area contributed by atoms with Crippen LogP contribution in [0, 0.1) is 0 Å². The molecule has 0 N–H and O–H groups in total. The van der Waals surface area contributed by atoms with Gasteiger partial charge in [-0.1, -0.05) is 68.4 Å². The van der Waals surface area contributed by atoms with E-state index in [1.54, 1.807) is 54.6 Å². The summed E-state index contributed by atoms with van der Waals surface area (Å²) in [7, 11) is 0. The van der Waals surface area contributed by atoms with Crippen LogP contribution in [0.5, 0.6) is 0 Å². The van der Waals surface area contributed by atoms with Gasteiger partial charge in [0.2, 0.25) is 0 Å². The Bertz CT molecular complexity index is 1780. The van der Waals surface area contributed by atoms with E-state index < -0.39 is 72.5 Å². The number of halogens is 3. The van der Waals surface area contributed by atoms with Crippen LogP contribution in [-0.2, 0) is 25.1 Å². The summed E-state index contributed by atoms with van der Waals surface area (Å²) >= 11 is 0. The van der Waals surface area contributed by atoms with E-state index in [0.717, 1.165) is 10.8 Å². The molecule has 1 fully saturated rings. The summed E-state index contributed by atoms with van der Waals surface area (Å²) in [6.45, 7) is 2.43. The number of carbonyl (C=O) groups excluding carboxylic acids is 3. The molecule has 3 aromatic carbocycles. The predicted molar refractivity (Wildman–Crippen MR) is 160 cm³/mol. The first kappa shape index (κ1) is 33.1. The van der Waals surface area contributed by atoms with Crippen molar-refractivity contribution >= 4 is 17.9 Å². The molecule has 1 aromatic heterocycles. The number of hydrogen-bond donors (Lipinski definition) is 0. The van der Waals surface area contributed by atoms with E-state index in [1.165, 1.54) is 50.2 Å². The zero-order valence-electron chi connectivity index (χ0n) is 25.1. The largest absolute Gasteiger partial charge is 0.459 e. The molecule has 5 rings (SSSR count). The van der Waals surface area contributed by atoms with Gasteiger partial charge in [0.05, 0.1) is 16.7 Å². The summed E-state index contributed by atoms with van der Waals surface area (Å²) < 4.78 is 65.5. The Balaban J connectivity index is 1.58. The van der Waals surface area contributed by atoms with E-state index in [-0.39, 0.29) is 22.3 Å². The lowest BCUT2D eigenvalue weighted by atomic mass is 10.0. The highest BCUT2D eigenvalue weighted by Crippen LogP contribution is 2.37. The highest BCUT2D eigenvalue weighted by atomic mass is 19.4. The van der Waals surface area contributed by atoms with Crippen molar-refractivity contribution in [3.05, 3.63) is 136 Å². The quantitative estimate of drug-likeness (QED) is 0.169. The van der Waals surface area contributed by atoms with E-state index in [2.05, 4.69) is 4.98 Å². The third kappa shape index (κ3) is 7.58. The molecule has 13 heteroatoms. The fourth-order valence-electron chi connectivity index (χ4n) is 5.00. The zero-order chi connectivity index (χ0) is 33.7. The van der Waals surface area contributed by atoms with Gasteiger partial charge in [-0.05, 0) is 42.3 Å². The first-order valence-corrected chi connectivity index (χ1v) is 14.5. The first-order chi connectivity index (χ1) is 22.4.